The van der Waals surface area contributed by atoms with Gasteiger partial charge in [0.05, 0.1) is 61.8 Å². The van der Waals surface area contributed by atoms with E-state index in [0.29, 0.717) is 99.4 Å². The Morgan fingerprint density at radius 1 is 0.893 bits per heavy atom. The first-order valence-corrected chi connectivity index (χ1v) is 26.8. The molecule has 7 rings (SSSR count). The summed E-state index contributed by atoms with van der Waals surface area (Å²) in [5.74, 6) is 2.00. The maximum absolute atomic E-state index is 13.1. The van der Waals surface area contributed by atoms with Crippen molar-refractivity contribution in [3.8, 4) is 0 Å². The number of benzene rings is 1. The van der Waals surface area contributed by atoms with Crippen LogP contribution in [0, 0.1) is 22.7 Å². The molecule has 2 aliphatic carbocycles. The van der Waals surface area contributed by atoms with Gasteiger partial charge in [-0.25, -0.2) is 9.97 Å². The number of nitrogens with one attached hydrogen (secondary N) is 1. The van der Waals surface area contributed by atoms with E-state index in [-0.39, 0.29) is 41.8 Å². The van der Waals surface area contributed by atoms with Gasteiger partial charge in [-0.05, 0) is 147 Å². The number of nitrogens with zero attached hydrogens (tertiary/aromatic N) is 9. The monoisotopic (exact) mass is 1050 g/mol. The summed E-state index contributed by atoms with van der Waals surface area (Å²) in [6.07, 6.45) is 14.3. The number of aromatic nitrogens is 3. The van der Waals surface area contributed by atoms with Gasteiger partial charge < -0.3 is 40.1 Å². The predicted molar refractivity (Wildman–Crippen MR) is 282 cm³/mol. The molecule has 3 aromatic rings. The van der Waals surface area contributed by atoms with Crippen LogP contribution in [-0.2, 0) is 34.8 Å². The molecule has 0 spiro atoms. The minimum atomic E-state index is -4.43. The number of anilines is 1. The molecule has 4 heterocycles. The van der Waals surface area contributed by atoms with Crippen LogP contribution in [0.5, 0.6) is 0 Å². The lowest BCUT2D eigenvalue weighted by Crippen LogP contribution is -2.45. The van der Waals surface area contributed by atoms with Crippen LogP contribution >= 0.6 is 0 Å². The second-order valence-electron chi connectivity index (χ2n) is 20.9. The number of rotatable bonds is 22. The average Bonchev–Trinajstić information content (AvgIpc) is 3.76. The lowest BCUT2D eigenvalue weighted by atomic mass is 9.72. The van der Waals surface area contributed by atoms with Gasteiger partial charge in [-0.2, -0.15) is 13.2 Å². The van der Waals surface area contributed by atoms with Gasteiger partial charge in [-0.15, -0.1) is 4.91 Å². The van der Waals surface area contributed by atoms with Crippen LogP contribution in [-0.4, -0.2) is 162 Å². The van der Waals surface area contributed by atoms with Crippen molar-refractivity contribution in [3.63, 3.8) is 0 Å². The Balaban J connectivity index is 0.000000225. The highest BCUT2D eigenvalue weighted by atomic mass is 19.4. The number of amides is 4. The summed E-state index contributed by atoms with van der Waals surface area (Å²) in [6, 6.07) is 8.85. The minimum Gasteiger partial charge on any atom is -0.379 e. The van der Waals surface area contributed by atoms with E-state index in [9.17, 15) is 37.3 Å². The normalized spacial score (nSPS) is 21.7. The first-order valence-electron chi connectivity index (χ1n) is 26.8. The van der Waals surface area contributed by atoms with Gasteiger partial charge in [-0.3, -0.25) is 29.2 Å². The van der Waals surface area contributed by atoms with Crippen molar-refractivity contribution in [1.82, 2.24) is 39.6 Å². The largest absolute Gasteiger partial charge is 0.416 e. The van der Waals surface area contributed by atoms with E-state index in [4.69, 9.17) is 15.2 Å². The number of alkyl halides is 3. The number of nitrogens with two attached hydrogens (primary N) is 1. The van der Waals surface area contributed by atoms with E-state index in [2.05, 4.69) is 51.3 Å². The fourth-order valence-electron chi connectivity index (χ4n) is 10.7. The number of likely N-dealkylation sites (tertiary alicyclic amines) is 2. The number of carbonyl (C=O) groups is 4. The minimum absolute atomic E-state index is 0.0630. The van der Waals surface area contributed by atoms with Crippen LogP contribution in [0.15, 0.2) is 54.3 Å². The van der Waals surface area contributed by atoms with Crippen molar-refractivity contribution in [3.05, 3.63) is 65.1 Å². The number of halogens is 3. The van der Waals surface area contributed by atoms with E-state index in [1.54, 1.807) is 18.1 Å². The van der Waals surface area contributed by atoms with Gasteiger partial charge in [0.1, 0.15) is 12.1 Å². The molecule has 2 aromatic heterocycles. The molecule has 2 unspecified atom stereocenters. The number of pyridine rings is 1. The molecule has 2 saturated carbocycles. The Morgan fingerprint density at radius 3 is 2.15 bits per heavy atom. The second-order valence-corrected chi connectivity index (χ2v) is 20.9. The van der Waals surface area contributed by atoms with Crippen LogP contribution in [0.1, 0.15) is 128 Å². The van der Waals surface area contributed by atoms with E-state index < -0.39 is 11.7 Å². The molecule has 0 bridgehead atoms. The fourth-order valence-corrected chi connectivity index (χ4v) is 10.7. The highest BCUT2D eigenvalue weighted by Gasteiger charge is 2.34. The molecular formula is C54H82F3N11O7. The first kappa shape index (κ1) is 60.3. The summed E-state index contributed by atoms with van der Waals surface area (Å²) in [5, 5.41) is 7.57. The zero-order chi connectivity index (χ0) is 54.5. The van der Waals surface area contributed by atoms with Crippen LogP contribution < -0.4 is 11.1 Å². The standard InChI is InChI=1S/C24H34F3N5O.C20H36N4O5.C10H12N2O/c1-16(2)31(4)19-6-8-20(9-7-19)32(15-33)12-11-17(3)30-23-21-13-18(24(25,26)27)5-10-22(21)28-14-29-23;1-23(22-27)11-13-29-15-14-28-12-8-19(25)24-9-6-17(7-10-24)16-2-4-18(5-3-16)20(21)26;1-12-9(4-5-10(12)13)8-3-2-6-11-7-8/h5,10,13-17,19-20H,6-9,11-12H2,1-4H3,(H,28,29,30);16-18H,2-15H2,1H3,(H2,21,26);2-3,6-7,9H,4-5H2,1H3. The average molecular weight is 1050 g/mol. The number of primary amides is 1. The Hall–Kier alpha value is -5.54. The third kappa shape index (κ3) is 18.9. The Bertz CT molecular complexity index is 2220. The third-order valence-electron chi connectivity index (χ3n) is 15.7. The molecule has 21 heteroatoms. The van der Waals surface area contributed by atoms with Crippen LogP contribution in [0.3, 0.4) is 0 Å². The molecule has 416 valence electrons. The van der Waals surface area contributed by atoms with E-state index in [1.165, 1.54) is 17.4 Å². The van der Waals surface area contributed by atoms with Crippen molar-refractivity contribution in [1.29, 1.82) is 0 Å². The second kappa shape index (κ2) is 30.3. The molecule has 2 saturated heterocycles. The SMILES string of the molecule is CC(CCN(C=O)C1CCC(N(C)C(C)C)CC1)Nc1ncnc2ccc(C(F)(F)F)cc12.CN(CCOCCOCCC(=O)N1CCC(C2CCC(C(N)=O)CC2)CC1)N=O.CN1C(=O)CCC1c1cccnc1. The van der Waals surface area contributed by atoms with Crippen LogP contribution in [0.2, 0.25) is 0 Å². The summed E-state index contributed by atoms with van der Waals surface area (Å²) in [6.45, 7) is 10.7. The topological polar surface area (TPSA) is 209 Å². The van der Waals surface area contributed by atoms with Crippen LogP contribution in [0.4, 0.5) is 19.0 Å². The highest BCUT2D eigenvalue weighted by molar-refractivity contribution is 5.89. The van der Waals surface area contributed by atoms with Gasteiger partial charge in [0.15, 0.2) is 0 Å². The molecule has 4 aliphatic rings. The zero-order valence-electron chi connectivity index (χ0n) is 45.0. The lowest BCUT2D eigenvalue weighted by molar-refractivity contribution is -0.137. The quantitative estimate of drug-likeness (QED) is 0.0425. The van der Waals surface area contributed by atoms with Crippen molar-refractivity contribution < 1.29 is 41.8 Å². The smallest absolute Gasteiger partial charge is 0.379 e. The molecule has 2 aliphatic heterocycles. The number of ether oxygens (including phenoxy) is 2. The number of carbonyl (C=O) groups excluding carboxylic acids is 4. The Kier molecular flexibility index (Phi) is 24.3. The summed E-state index contributed by atoms with van der Waals surface area (Å²) >= 11 is 0. The molecule has 18 nitrogen and oxygen atoms in total. The highest BCUT2D eigenvalue weighted by Crippen LogP contribution is 2.38. The zero-order valence-corrected chi connectivity index (χ0v) is 45.0. The number of fused-ring (bicyclic) bond motifs is 1. The molecule has 0 radical (unpaired) electrons. The Labute approximate surface area is 441 Å². The molecule has 4 amide bonds. The molecule has 4 fully saturated rings. The number of piperidine rings is 1. The van der Waals surface area contributed by atoms with Crippen molar-refractivity contribution in [2.75, 3.05) is 79.1 Å². The summed E-state index contributed by atoms with van der Waals surface area (Å²) < 4.78 is 50.2. The molecule has 3 N–H and O–H groups in total. The summed E-state index contributed by atoms with van der Waals surface area (Å²) in [7, 11) is 5.61. The Morgan fingerprint density at radius 2 is 1.56 bits per heavy atom. The maximum Gasteiger partial charge on any atom is 0.416 e. The van der Waals surface area contributed by atoms with Crippen LogP contribution in [0.25, 0.3) is 10.9 Å². The third-order valence-corrected chi connectivity index (χ3v) is 15.7. The predicted octanol–water partition coefficient (Wildman–Crippen LogP) is 7.88. The molecule has 1 aromatic carbocycles. The van der Waals surface area contributed by atoms with Crippen molar-refractivity contribution in [2.45, 2.75) is 147 Å². The molecule has 75 heavy (non-hydrogen) atoms. The van der Waals surface area contributed by atoms with Gasteiger partial charge in [0.2, 0.25) is 24.1 Å². The molecular weight excluding hydrogens is 972 g/mol. The van der Waals surface area contributed by atoms with Gasteiger partial charge >= 0.3 is 6.18 Å². The van der Waals surface area contributed by atoms with Gasteiger partial charge in [-0.1, -0.05) is 6.07 Å². The summed E-state index contributed by atoms with van der Waals surface area (Å²) in [5.41, 5.74) is 6.28. The first-order chi connectivity index (χ1) is 35.9. The van der Waals surface area contributed by atoms with E-state index in [1.807, 2.05) is 42.1 Å². The molecule has 2 atom stereocenters. The van der Waals surface area contributed by atoms with Crippen molar-refractivity contribution in [2.24, 2.45) is 28.8 Å². The van der Waals surface area contributed by atoms with E-state index >= 15 is 0 Å². The van der Waals surface area contributed by atoms with Gasteiger partial charge in [0.25, 0.3) is 0 Å². The number of hydrogen-bond donors (Lipinski definition) is 2. The number of hydrogen-bond acceptors (Lipinski definition) is 13. The summed E-state index contributed by atoms with van der Waals surface area (Å²) in [4.78, 5) is 77.2. The van der Waals surface area contributed by atoms with Crippen molar-refractivity contribution >= 4 is 40.9 Å². The van der Waals surface area contributed by atoms with E-state index in [0.717, 1.165) is 108 Å². The number of nitroso groups, excluding NO2 is 1. The lowest BCUT2D eigenvalue weighted by Gasteiger charge is -2.40. The number of likely N-dealkylation sites (N-methyl/N-ethyl adjacent to an activating group) is 1. The fraction of sp³-hybridized carbons (Fsp3) is 0.685. The maximum atomic E-state index is 13.1. The van der Waals surface area contributed by atoms with Gasteiger partial charge in [0, 0.05) is 88.0 Å².